The predicted molar refractivity (Wildman–Crippen MR) is 158 cm³/mol. The summed E-state index contributed by atoms with van der Waals surface area (Å²) in [6.07, 6.45) is -10.2. The Morgan fingerprint density at radius 1 is 0.915 bits per heavy atom. The van der Waals surface area contributed by atoms with E-state index in [0.717, 1.165) is 0 Å². The van der Waals surface area contributed by atoms with Crippen LogP contribution in [0.4, 0.5) is 4.79 Å². The second kappa shape index (κ2) is 24.0. The lowest BCUT2D eigenvalue weighted by Crippen LogP contribution is -2.68. The van der Waals surface area contributed by atoms with Crippen LogP contribution in [0.3, 0.4) is 0 Å². The van der Waals surface area contributed by atoms with Crippen LogP contribution in [0.15, 0.2) is 0 Å². The molecule has 2 amide bonds. The number of amides is 2. The van der Waals surface area contributed by atoms with Crippen LogP contribution in [0.5, 0.6) is 0 Å². The molecule has 1 aliphatic rings. The monoisotopic (exact) mass is 688 g/mol. The normalized spacial score (nSPS) is 23.2. The van der Waals surface area contributed by atoms with E-state index in [2.05, 4.69) is 10.6 Å². The zero-order valence-corrected chi connectivity index (χ0v) is 27.4. The lowest BCUT2D eigenvalue weighted by Gasteiger charge is -2.47. The number of carbonyl (C=O) groups excluding carboxylic acids is 2. The van der Waals surface area contributed by atoms with Gasteiger partial charge in [-0.15, -0.1) is 0 Å². The summed E-state index contributed by atoms with van der Waals surface area (Å²) in [4.78, 5) is 37.2. The Bertz CT molecular complexity index is 884. The first kappa shape index (κ1) is 42.8. The largest absolute Gasteiger partial charge is 0.477 e. The van der Waals surface area contributed by atoms with E-state index in [0.29, 0.717) is 33.0 Å². The van der Waals surface area contributed by atoms with Gasteiger partial charge in [0.1, 0.15) is 37.6 Å². The minimum absolute atomic E-state index is 0.0564. The molecule has 0 saturated carbocycles. The minimum Gasteiger partial charge on any atom is -0.477 e. The first-order chi connectivity index (χ1) is 22.4. The van der Waals surface area contributed by atoms with E-state index >= 15 is 0 Å². The highest BCUT2D eigenvalue weighted by Gasteiger charge is 2.56. The summed E-state index contributed by atoms with van der Waals surface area (Å²) in [7, 11) is 3.11. The fourth-order valence-electron chi connectivity index (χ4n) is 4.24. The average Bonchev–Trinajstić information content (AvgIpc) is 3.03. The summed E-state index contributed by atoms with van der Waals surface area (Å²) in [5, 5.41) is 55.2. The number of ether oxygens (including phenoxy) is 9. The van der Waals surface area contributed by atoms with Crippen molar-refractivity contribution in [1.82, 2.24) is 10.6 Å². The highest BCUT2D eigenvalue weighted by atomic mass is 16.7. The van der Waals surface area contributed by atoms with Crippen molar-refractivity contribution >= 4 is 18.0 Å². The van der Waals surface area contributed by atoms with Crippen molar-refractivity contribution in [1.29, 1.82) is 0 Å². The van der Waals surface area contributed by atoms with Crippen LogP contribution < -0.4 is 10.6 Å². The van der Waals surface area contributed by atoms with E-state index in [1.165, 1.54) is 13.8 Å². The van der Waals surface area contributed by atoms with Gasteiger partial charge in [0.15, 0.2) is 0 Å². The maximum Gasteiger partial charge on any atom is 0.407 e. The van der Waals surface area contributed by atoms with E-state index < -0.39 is 86.0 Å². The van der Waals surface area contributed by atoms with Gasteiger partial charge < -0.3 is 78.8 Å². The smallest absolute Gasteiger partial charge is 0.407 e. The number of rotatable bonds is 26. The number of nitrogens with one attached hydrogen (secondary N) is 2. The average molecular weight is 689 g/mol. The van der Waals surface area contributed by atoms with Gasteiger partial charge in [-0.1, -0.05) is 0 Å². The first-order valence-electron chi connectivity index (χ1n) is 15.2. The Morgan fingerprint density at radius 2 is 1.51 bits per heavy atom. The van der Waals surface area contributed by atoms with Gasteiger partial charge in [0.05, 0.1) is 84.3 Å². The van der Waals surface area contributed by atoms with Crippen molar-refractivity contribution in [3.05, 3.63) is 0 Å². The number of carboxylic acids is 1. The molecule has 1 aliphatic heterocycles. The second-order valence-electron chi connectivity index (χ2n) is 10.6. The van der Waals surface area contributed by atoms with Crippen molar-refractivity contribution in [3.8, 4) is 0 Å². The van der Waals surface area contributed by atoms with Gasteiger partial charge in [-0.25, -0.2) is 9.59 Å². The second-order valence-corrected chi connectivity index (χ2v) is 10.6. The van der Waals surface area contributed by atoms with Crippen LogP contribution in [0, 0.1) is 0 Å². The molecule has 0 bridgehead atoms. The third-order valence-corrected chi connectivity index (χ3v) is 6.48. The number of aliphatic hydroxyl groups is 4. The SMILES string of the molecule is COCCOCCOCC(COC(=O)NCC(=O)N[C@H]1C([C@H](O)[C@H](O)CO)OC(OC(C)C)(C(=O)O)C[C@@H]1O)OCCOCCOC. The van der Waals surface area contributed by atoms with Crippen LogP contribution in [0.25, 0.3) is 0 Å². The third kappa shape index (κ3) is 16.6. The molecule has 0 radical (unpaired) electrons. The van der Waals surface area contributed by atoms with Crippen LogP contribution in [-0.4, -0.2) is 185 Å². The summed E-state index contributed by atoms with van der Waals surface area (Å²) >= 11 is 0. The molecule has 47 heavy (non-hydrogen) atoms. The lowest BCUT2D eigenvalue weighted by atomic mass is 9.88. The number of hydrogen-bond acceptors (Lipinski definition) is 16. The molecule has 3 unspecified atom stereocenters. The molecule has 1 heterocycles. The summed E-state index contributed by atoms with van der Waals surface area (Å²) in [5.41, 5.74) is 0. The molecule has 7 atom stereocenters. The standard InChI is InChI=1S/C28H52N2O17/c1-18(2)46-28(26(36)37)13-20(32)23(25(47-28)24(35)21(33)15-31)30-22(34)14-29-27(38)45-17-19(44-12-11-42-8-6-40-4)16-43-10-9-41-7-5-39-3/h18-21,23-25,31-33,35H,5-17H2,1-4H3,(H,29,38)(H,30,34)(H,36,37)/t19?,20-,21+,23+,24+,25?,28?/m0/s1. The zero-order valence-electron chi connectivity index (χ0n) is 27.4. The Hall–Kier alpha value is -2.27. The fourth-order valence-corrected chi connectivity index (χ4v) is 4.24. The topological polar surface area (TPSA) is 259 Å². The molecule has 7 N–H and O–H groups in total. The van der Waals surface area contributed by atoms with Gasteiger partial charge in [-0.2, -0.15) is 0 Å². The van der Waals surface area contributed by atoms with E-state index in [1.807, 2.05) is 0 Å². The molecule has 276 valence electrons. The Balaban J connectivity index is 2.72. The van der Waals surface area contributed by atoms with E-state index in [9.17, 15) is 39.9 Å². The quantitative estimate of drug-likeness (QED) is 0.0447. The van der Waals surface area contributed by atoms with Crippen molar-refractivity contribution in [2.24, 2.45) is 0 Å². The van der Waals surface area contributed by atoms with Crippen molar-refractivity contribution in [3.63, 3.8) is 0 Å². The number of aliphatic carboxylic acids is 1. The number of carboxylic acid groups (broad SMARTS) is 1. The van der Waals surface area contributed by atoms with E-state index in [1.54, 1.807) is 14.2 Å². The van der Waals surface area contributed by atoms with Gasteiger partial charge in [0, 0.05) is 20.6 Å². The van der Waals surface area contributed by atoms with Gasteiger partial charge in [0.2, 0.25) is 5.91 Å². The zero-order chi connectivity index (χ0) is 35.2. The highest BCUT2D eigenvalue weighted by molar-refractivity contribution is 5.82. The summed E-state index contributed by atoms with van der Waals surface area (Å²) in [6.45, 7) is 3.89. The van der Waals surface area contributed by atoms with Gasteiger partial charge in [-0.05, 0) is 13.8 Å². The predicted octanol–water partition coefficient (Wildman–Crippen LogP) is -3.00. The third-order valence-electron chi connectivity index (χ3n) is 6.48. The van der Waals surface area contributed by atoms with Gasteiger partial charge >= 0.3 is 12.1 Å². The summed E-state index contributed by atoms with van der Waals surface area (Å²) in [6, 6.07) is -1.47. The number of alkyl carbamates (subject to hydrolysis) is 1. The molecule has 0 aromatic carbocycles. The Labute approximate surface area is 273 Å². The molecule has 0 aromatic rings. The molecule has 1 rings (SSSR count). The van der Waals surface area contributed by atoms with Crippen molar-refractivity contribution < 1.29 is 82.5 Å². The molecule has 0 aliphatic carbocycles. The van der Waals surface area contributed by atoms with Gasteiger partial charge in [-0.3, -0.25) is 4.79 Å². The Kier molecular flexibility index (Phi) is 21.8. The molecule has 19 heteroatoms. The van der Waals surface area contributed by atoms with Gasteiger partial charge in [0.25, 0.3) is 5.79 Å². The van der Waals surface area contributed by atoms with Crippen molar-refractivity contribution in [2.75, 3.05) is 93.4 Å². The number of carbonyl (C=O) groups is 3. The lowest BCUT2D eigenvalue weighted by molar-refractivity contribution is -0.319. The van der Waals surface area contributed by atoms with Crippen LogP contribution >= 0.6 is 0 Å². The highest BCUT2D eigenvalue weighted by Crippen LogP contribution is 2.34. The van der Waals surface area contributed by atoms with Crippen LogP contribution in [0.2, 0.25) is 0 Å². The number of aliphatic hydroxyl groups excluding tert-OH is 4. The maximum absolute atomic E-state index is 12.7. The van der Waals surface area contributed by atoms with E-state index in [-0.39, 0.29) is 33.0 Å². The molecular formula is C28H52N2O17. The molecular weight excluding hydrogens is 636 g/mol. The minimum atomic E-state index is -2.42. The summed E-state index contributed by atoms with van der Waals surface area (Å²) in [5.74, 6) is -4.92. The Morgan fingerprint density at radius 3 is 2.09 bits per heavy atom. The molecule has 0 spiro atoms. The van der Waals surface area contributed by atoms with Crippen molar-refractivity contribution in [2.45, 2.75) is 68.7 Å². The maximum atomic E-state index is 12.7. The molecule has 0 aromatic heterocycles. The summed E-state index contributed by atoms with van der Waals surface area (Å²) < 4.78 is 47.8. The first-order valence-corrected chi connectivity index (χ1v) is 15.2. The molecule has 1 saturated heterocycles. The fraction of sp³-hybridized carbons (Fsp3) is 0.893. The van der Waals surface area contributed by atoms with Crippen LogP contribution in [0.1, 0.15) is 20.3 Å². The molecule has 1 fully saturated rings. The van der Waals surface area contributed by atoms with Crippen LogP contribution in [-0.2, 0) is 52.2 Å². The molecule has 19 nitrogen and oxygen atoms in total. The van der Waals surface area contributed by atoms with E-state index in [4.69, 9.17) is 42.6 Å². The number of hydrogen-bond donors (Lipinski definition) is 7. The number of methoxy groups -OCH3 is 2.